The van der Waals surface area contributed by atoms with Crippen molar-refractivity contribution in [2.24, 2.45) is 5.92 Å². The zero-order valence-electron chi connectivity index (χ0n) is 12.1. The van der Waals surface area contributed by atoms with Crippen LogP contribution in [0.1, 0.15) is 37.9 Å². The van der Waals surface area contributed by atoms with E-state index in [4.69, 9.17) is 14.0 Å². The lowest BCUT2D eigenvalue weighted by molar-refractivity contribution is -0.0981. The number of aryl methyl sites for hydroxylation is 1. The summed E-state index contributed by atoms with van der Waals surface area (Å²) in [7, 11) is 0. The van der Waals surface area contributed by atoms with E-state index in [1.807, 2.05) is 0 Å². The molecule has 0 amide bonds. The zero-order valence-corrected chi connectivity index (χ0v) is 12.1. The summed E-state index contributed by atoms with van der Waals surface area (Å²) < 4.78 is 16.5. The van der Waals surface area contributed by atoms with Gasteiger partial charge in [0.25, 0.3) is 0 Å². The highest BCUT2D eigenvalue weighted by Gasteiger charge is 2.30. The second kappa shape index (κ2) is 6.65. The predicted octanol–water partition coefficient (Wildman–Crippen LogP) is 1.61. The molecule has 0 N–H and O–H groups in total. The predicted molar refractivity (Wildman–Crippen MR) is 72.0 cm³/mol. The van der Waals surface area contributed by atoms with Crippen molar-refractivity contribution < 1.29 is 14.0 Å². The number of hydrogen-bond donors (Lipinski definition) is 0. The fourth-order valence-corrected chi connectivity index (χ4v) is 2.90. The number of rotatable bonds is 5. The van der Waals surface area contributed by atoms with E-state index in [1.165, 1.54) is 0 Å². The van der Waals surface area contributed by atoms with Crippen molar-refractivity contribution in [1.82, 2.24) is 15.0 Å². The molecule has 0 saturated carbocycles. The number of nitrogens with zero attached hydrogens (tertiary/aromatic N) is 3. The van der Waals surface area contributed by atoms with Gasteiger partial charge >= 0.3 is 0 Å². The van der Waals surface area contributed by atoms with E-state index in [0.29, 0.717) is 5.92 Å². The molecule has 0 unspecified atom stereocenters. The lowest BCUT2D eigenvalue weighted by Gasteiger charge is -2.32. The summed E-state index contributed by atoms with van der Waals surface area (Å²) in [5.41, 5.74) is 0. The Hall–Kier alpha value is -0.980. The highest BCUT2D eigenvalue weighted by molar-refractivity contribution is 4.87. The Morgan fingerprint density at radius 1 is 1.20 bits per heavy atom. The topological polar surface area (TPSA) is 60.6 Å². The van der Waals surface area contributed by atoms with Gasteiger partial charge in [-0.05, 0) is 32.4 Å². The van der Waals surface area contributed by atoms with E-state index in [-0.39, 0.29) is 6.29 Å². The third kappa shape index (κ3) is 3.37. The Bertz CT molecular complexity index is 410. The minimum Gasteiger partial charge on any atom is -0.350 e. The van der Waals surface area contributed by atoms with E-state index >= 15 is 0 Å². The largest absolute Gasteiger partial charge is 0.350 e. The number of aromatic nitrogens is 2. The highest BCUT2D eigenvalue weighted by atomic mass is 16.7. The Labute approximate surface area is 119 Å². The van der Waals surface area contributed by atoms with Crippen LogP contribution in [0.4, 0.5) is 0 Å². The average molecular weight is 281 g/mol. The third-order valence-electron chi connectivity index (χ3n) is 4.01. The Kier molecular flexibility index (Phi) is 4.65. The molecule has 0 bridgehead atoms. The normalized spacial score (nSPS) is 22.6. The summed E-state index contributed by atoms with van der Waals surface area (Å²) in [4.78, 5) is 6.79. The van der Waals surface area contributed by atoms with Crippen LogP contribution in [0.3, 0.4) is 0 Å². The molecule has 3 heterocycles. The fourth-order valence-electron chi connectivity index (χ4n) is 2.90. The lowest BCUT2D eigenvalue weighted by Crippen LogP contribution is -2.37. The summed E-state index contributed by atoms with van der Waals surface area (Å²) in [5.74, 6) is 2.09. The van der Waals surface area contributed by atoms with Gasteiger partial charge in [0.15, 0.2) is 12.1 Å². The van der Waals surface area contributed by atoms with Gasteiger partial charge in [0, 0.05) is 12.3 Å². The van der Waals surface area contributed by atoms with E-state index in [9.17, 15) is 0 Å². The van der Waals surface area contributed by atoms with Crippen molar-refractivity contribution in [2.75, 3.05) is 26.3 Å². The van der Waals surface area contributed by atoms with Gasteiger partial charge in [-0.3, -0.25) is 4.90 Å². The first kappa shape index (κ1) is 14.0. The second-order valence-corrected chi connectivity index (χ2v) is 5.58. The molecule has 3 rings (SSSR count). The van der Waals surface area contributed by atoms with Crippen LogP contribution in [0.2, 0.25) is 0 Å². The summed E-state index contributed by atoms with van der Waals surface area (Å²) in [5, 5.41) is 4.00. The molecule has 0 aliphatic carbocycles. The first-order valence-corrected chi connectivity index (χ1v) is 7.62. The molecule has 1 aromatic heterocycles. The molecule has 6 nitrogen and oxygen atoms in total. The van der Waals surface area contributed by atoms with Crippen LogP contribution >= 0.6 is 0 Å². The monoisotopic (exact) mass is 281 g/mol. The van der Waals surface area contributed by atoms with Crippen molar-refractivity contribution in [3.63, 3.8) is 0 Å². The minimum atomic E-state index is 0.0247. The van der Waals surface area contributed by atoms with Crippen LogP contribution in [0.15, 0.2) is 4.52 Å². The molecule has 0 spiro atoms. The van der Waals surface area contributed by atoms with Crippen LogP contribution < -0.4 is 0 Å². The van der Waals surface area contributed by atoms with Gasteiger partial charge in [0.1, 0.15) is 0 Å². The molecular formula is C14H23N3O3. The standard InChI is InChI=1S/C14H23N3O3/c1-2-3-12-15-13(20-16-12)10-17-6-4-11(5-7-17)14-18-8-9-19-14/h11,14H,2-10H2,1H3. The summed E-state index contributed by atoms with van der Waals surface area (Å²) >= 11 is 0. The second-order valence-electron chi connectivity index (χ2n) is 5.58. The lowest BCUT2D eigenvalue weighted by atomic mass is 9.96. The SMILES string of the molecule is CCCc1noc(CN2CCC(C3OCCO3)CC2)n1. The molecule has 20 heavy (non-hydrogen) atoms. The Morgan fingerprint density at radius 3 is 2.65 bits per heavy atom. The zero-order chi connectivity index (χ0) is 13.8. The molecule has 2 fully saturated rings. The maximum atomic E-state index is 5.59. The van der Waals surface area contributed by atoms with Crippen molar-refractivity contribution in [3.8, 4) is 0 Å². The van der Waals surface area contributed by atoms with Crippen LogP contribution in [0.25, 0.3) is 0 Å². The molecule has 2 aliphatic rings. The summed E-state index contributed by atoms with van der Waals surface area (Å²) in [6.45, 7) is 6.45. The fraction of sp³-hybridized carbons (Fsp3) is 0.857. The molecule has 112 valence electrons. The molecular weight excluding hydrogens is 258 g/mol. The number of likely N-dealkylation sites (tertiary alicyclic amines) is 1. The molecule has 6 heteroatoms. The first-order chi connectivity index (χ1) is 9.85. The van der Waals surface area contributed by atoms with Gasteiger partial charge in [0.2, 0.25) is 5.89 Å². The molecule has 0 radical (unpaired) electrons. The Morgan fingerprint density at radius 2 is 1.95 bits per heavy atom. The van der Waals surface area contributed by atoms with Gasteiger partial charge < -0.3 is 14.0 Å². The number of hydrogen-bond acceptors (Lipinski definition) is 6. The first-order valence-electron chi connectivity index (χ1n) is 7.62. The van der Waals surface area contributed by atoms with Crippen molar-refractivity contribution >= 4 is 0 Å². The average Bonchev–Trinajstić information content (AvgIpc) is 3.12. The Balaban J connectivity index is 1.45. The molecule has 0 atom stereocenters. The highest BCUT2D eigenvalue weighted by Crippen LogP contribution is 2.26. The van der Waals surface area contributed by atoms with Crippen LogP contribution in [-0.2, 0) is 22.4 Å². The summed E-state index contributed by atoms with van der Waals surface area (Å²) in [6.07, 6.45) is 4.19. The molecule has 2 saturated heterocycles. The van der Waals surface area contributed by atoms with Gasteiger partial charge in [-0.15, -0.1) is 0 Å². The maximum Gasteiger partial charge on any atom is 0.240 e. The van der Waals surface area contributed by atoms with Crippen molar-refractivity contribution in [3.05, 3.63) is 11.7 Å². The van der Waals surface area contributed by atoms with Gasteiger partial charge in [0.05, 0.1) is 19.8 Å². The van der Waals surface area contributed by atoms with E-state index in [1.54, 1.807) is 0 Å². The molecule has 2 aliphatic heterocycles. The quantitative estimate of drug-likeness (QED) is 0.817. The number of ether oxygens (including phenoxy) is 2. The van der Waals surface area contributed by atoms with Gasteiger partial charge in [-0.1, -0.05) is 12.1 Å². The van der Waals surface area contributed by atoms with Gasteiger partial charge in [-0.25, -0.2) is 0 Å². The van der Waals surface area contributed by atoms with Crippen LogP contribution in [0, 0.1) is 5.92 Å². The smallest absolute Gasteiger partial charge is 0.240 e. The van der Waals surface area contributed by atoms with Crippen LogP contribution in [0.5, 0.6) is 0 Å². The summed E-state index contributed by atoms with van der Waals surface area (Å²) in [6, 6.07) is 0. The minimum absolute atomic E-state index is 0.0247. The molecule has 0 aromatic carbocycles. The number of piperidine rings is 1. The van der Waals surface area contributed by atoms with Crippen molar-refractivity contribution in [1.29, 1.82) is 0 Å². The van der Waals surface area contributed by atoms with E-state index in [0.717, 1.165) is 70.2 Å². The third-order valence-corrected chi connectivity index (χ3v) is 4.01. The van der Waals surface area contributed by atoms with E-state index in [2.05, 4.69) is 22.0 Å². The molecule has 1 aromatic rings. The van der Waals surface area contributed by atoms with E-state index < -0.39 is 0 Å². The maximum absolute atomic E-state index is 5.59. The van der Waals surface area contributed by atoms with Gasteiger partial charge in [-0.2, -0.15) is 4.98 Å². The van der Waals surface area contributed by atoms with Crippen molar-refractivity contribution in [2.45, 2.75) is 45.4 Å². The van der Waals surface area contributed by atoms with Crippen LogP contribution in [-0.4, -0.2) is 47.6 Å².